The molecule has 2 atom stereocenters. The third-order valence-corrected chi connectivity index (χ3v) is 11.2. The van der Waals surface area contributed by atoms with E-state index in [0.717, 1.165) is 36.0 Å². The van der Waals surface area contributed by atoms with E-state index in [9.17, 15) is 26.7 Å². The summed E-state index contributed by atoms with van der Waals surface area (Å²) in [5.41, 5.74) is 1.30. The number of carbonyl (C=O) groups excluding carboxylic acids is 1. The number of piperidine rings is 1. The Kier molecular flexibility index (Phi) is 7.34. The van der Waals surface area contributed by atoms with Crippen LogP contribution in [0.5, 0.6) is 6.01 Å². The molecule has 6 heterocycles. The van der Waals surface area contributed by atoms with Gasteiger partial charge < -0.3 is 25.0 Å². The summed E-state index contributed by atoms with van der Waals surface area (Å²) in [6.07, 6.45) is -4.06. The lowest BCUT2D eigenvalue weighted by atomic mass is 9.91. The van der Waals surface area contributed by atoms with E-state index < -0.39 is 57.9 Å². The summed E-state index contributed by atoms with van der Waals surface area (Å²) in [6, 6.07) is 2.52. The van der Waals surface area contributed by atoms with Crippen molar-refractivity contribution in [3.63, 3.8) is 0 Å². The average Bonchev–Trinajstić information content (AvgIpc) is 3.77. The minimum atomic E-state index is -5.05. The van der Waals surface area contributed by atoms with E-state index in [1.54, 1.807) is 11.9 Å². The summed E-state index contributed by atoms with van der Waals surface area (Å²) in [7, 11) is 1.62. The number of thiazole rings is 1. The topological polar surface area (TPSA) is 110 Å². The van der Waals surface area contributed by atoms with Crippen molar-refractivity contribution in [3.05, 3.63) is 35.4 Å². The number of alkyl halides is 4. The normalized spacial score (nSPS) is 24.1. The fourth-order valence-corrected chi connectivity index (χ4v) is 8.77. The van der Waals surface area contributed by atoms with Crippen molar-refractivity contribution in [2.24, 2.45) is 0 Å². The van der Waals surface area contributed by atoms with Crippen LogP contribution in [0.25, 0.3) is 32.2 Å². The van der Waals surface area contributed by atoms with Gasteiger partial charge >= 0.3 is 18.3 Å². The van der Waals surface area contributed by atoms with Gasteiger partial charge in [-0.15, -0.1) is 0 Å². The highest BCUT2D eigenvalue weighted by molar-refractivity contribution is 7.22. The Bertz CT molecular complexity index is 2000. The van der Waals surface area contributed by atoms with E-state index in [-0.39, 0.29) is 70.8 Å². The van der Waals surface area contributed by atoms with Crippen LogP contribution >= 0.6 is 11.3 Å². The zero-order valence-electron chi connectivity index (χ0n) is 26.2. The smallest absolute Gasteiger partial charge is 0.417 e. The summed E-state index contributed by atoms with van der Waals surface area (Å²) >= 11 is 0.739. The molecule has 0 bridgehead atoms. The average molecular weight is 708 g/mol. The van der Waals surface area contributed by atoms with Crippen LogP contribution in [0.1, 0.15) is 37.7 Å². The number of nitrogens with zero attached hydrogens (tertiary/aromatic N) is 6. The number of amides is 1. The van der Waals surface area contributed by atoms with E-state index in [0.29, 0.717) is 32.4 Å². The number of nitrogen functional groups attached to an aromatic ring is 1. The molecule has 8 rings (SSSR count). The number of ether oxygens (including phenoxy) is 2. The van der Waals surface area contributed by atoms with Gasteiger partial charge in [-0.2, -0.15) is 23.1 Å². The molecule has 2 N–H and O–H groups in total. The SMILES string of the molecule is CN1CC2(CCN(c3nc(OC[C@@]45CCCN4C[C@H](F)C5)nc4c(F)c(-c5ccc(F)c6sc(N)nc56)c(C(F)(F)F)cc34)CC2)OC1=O. The summed E-state index contributed by atoms with van der Waals surface area (Å²) in [6.45, 7) is 1.80. The van der Waals surface area contributed by atoms with Gasteiger partial charge in [0.25, 0.3) is 0 Å². The van der Waals surface area contributed by atoms with Crippen molar-refractivity contribution in [2.45, 2.75) is 55.6 Å². The maximum atomic E-state index is 16.9. The predicted molar refractivity (Wildman–Crippen MR) is 169 cm³/mol. The predicted octanol–water partition coefficient (Wildman–Crippen LogP) is 6.16. The molecule has 0 radical (unpaired) electrons. The zero-order chi connectivity index (χ0) is 34.5. The van der Waals surface area contributed by atoms with Crippen LogP contribution in [0.3, 0.4) is 0 Å². The second kappa shape index (κ2) is 11.2. The number of nitrogens with two attached hydrogens (primary N) is 1. The summed E-state index contributed by atoms with van der Waals surface area (Å²) in [5.74, 6) is -2.06. The van der Waals surface area contributed by atoms with Crippen LogP contribution < -0.4 is 15.4 Å². The molecule has 1 amide bonds. The van der Waals surface area contributed by atoms with Crippen molar-refractivity contribution in [2.75, 3.05) is 57.0 Å². The number of likely N-dealkylation sites (N-methyl/N-ethyl adjacent to an activating group) is 1. The van der Waals surface area contributed by atoms with Gasteiger partial charge in [0.05, 0.1) is 27.9 Å². The van der Waals surface area contributed by atoms with Crippen LogP contribution in [0.4, 0.5) is 42.1 Å². The zero-order valence-corrected chi connectivity index (χ0v) is 27.1. The number of fused-ring (bicyclic) bond motifs is 3. The number of hydrogen-bond acceptors (Lipinski definition) is 10. The van der Waals surface area contributed by atoms with Gasteiger partial charge in [0, 0.05) is 62.5 Å². The molecule has 4 aliphatic heterocycles. The Morgan fingerprint density at radius 3 is 2.59 bits per heavy atom. The Morgan fingerprint density at radius 2 is 1.88 bits per heavy atom. The number of carbonyl (C=O) groups is 1. The number of rotatable bonds is 5. The first kappa shape index (κ1) is 32.1. The quantitative estimate of drug-likeness (QED) is 0.244. The lowest BCUT2D eigenvalue weighted by Gasteiger charge is -2.38. The van der Waals surface area contributed by atoms with Crippen LogP contribution in [-0.2, 0) is 10.9 Å². The van der Waals surface area contributed by atoms with E-state index >= 15 is 4.39 Å². The molecule has 0 unspecified atom stereocenters. The van der Waals surface area contributed by atoms with Crippen molar-refractivity contribution in [3.8, 4) is 17.1 Å². The van der Waals surface area contributed by atoms with Gasteiger partial charge in [-0.1, -0.05) is 11.3 Å². The molecular weight excluding hydrogens is 676 g/mol. The Balaban J connectivity index is 1.27. The molecule has 1 spiro atoms. The third kappa shape index (κ3) is 5.27. The minimum Gasteiger partial charge on any atom is -0.461 e. The highest BCUT2D eigenvalue weighted by Crippen LogP contribution is 2.47. The summed E-state index contributed by atoms with van der Waals surface area (Å²) in [5, 5.41) is -0.305. The number of halogens is 6. The lowest BCUT2D eigenvalue weighted by Crippen LogP contribution is -2.47. The highest BCUT2D eigenvalue weighted by Gasteiger charge is 2.50. The maximum absolute atomic E-state index is 16.9. The number of hydrogen-bond donors (Lipinski definition) is 1. The highest BCUT2D eigenvalue weighted by atomic mass is 32.1. The molecule has 4 fully saturated rings. The number of benzene rings is 2. The third-order valence-electron chi connectivity index (χ3n) is 10.3. The lowest BCUT2D eigenvalue weighted by molar-refractivity contribution is -0.137. The molecule has 260 valence electrons. The molecule has 4 aromatic rings. The molecule has 2 aromatic heterocycles. The molecule has 17 heteroatoms. The fourth-order valence-electron chi connectivity index (χ4n) is 8.00. The van der Waals surface area contributed by atoms with Gasteiger partial charge in [-0.05, 0) is 37.6 Å². The van der Waals surface area contributed by atoms with Gasteiger partial charge in [-0.3, -0.25) is 4.90 Å². The van der Waals surface area contributed by atoms with Gasteiger partial charge in [0.15, 0.2) is 10.9 Å². The van der Waals surface area contributed by atoms with E-state index in [2.05, 4.69) is 15.0 Å². The monoisotopic (exact) mass is 707 g/mol. The Labute approximate surface area is 279 Å². The van der Waals surface area contributed by atoms with Gasteiger partial charge in [0.2, 0.25) is 0 Å². The molecule has 4 saturated heterocycles. The first-order chi connectivity index (χ1) is 23.3. The standard InChI is InChI=1S/C32H31F6N7O3S/c1-43-14-31(48-29(43)46)6-9-44(10-7-31)26-18-11-19(32(36,37)38)21(17-3-4-20(34)25-24(17)40-27(39)49-25)22(35)23(18)41-28(42-26)47-15-30-5-2-8-45(30)13-16(33)12-30/h3-4,11,16H,2,5-10,12-15H2,1H3,(H2,39,40)/t16-,30+/m1/s1. The van der Waals surface area contributed by atoms with Crippen LogP contribution in [0, 0.1) is 11.6 Å². The maximum Gasteiger partial charge on any atom is 0.417 e. The van der Waals surface area contributed by atoms with Crippen molar-refractivity contribution < 1.29 is 40.6 Å². The summed E-state index contributed by atoms with van der Waals surface area (Å²) in [4.78, 5) is 30.3. The minimum absolute atomic E-state index is 0.00948. The van der Waals surface area contributed by atoms with Crippen LogP contribution in [-0.4, -0.2) is 94.5 Å². The second-order valence-corrected chi connectivity index (χ2v) is 14.5. The molecule has 2 aromatic carbocycles. The Hall–Kier alpha value is -4.12. The van der Waals surface area contributed by atoms with Crippen LogP contribution in [0.15, 0.2) is 18.2 Å². The first-order valence-electron chi connectivity index (χ1n) is 15.9. The second-order valence-electron chi connectivity index (χ2n) is 13.4. The van der Waals surface area contributed by atoms with E-state index in [4.69, 9.17) is 15.2 Å². The number of anilines is 2. The first-order valence-corrected chi connectivity index (χ1v) is 16.7. The van der Waals surface area contributed by atoms with Crippen molar-refractivity contribution in [1.29, 1.82) is 0 Å². The van der Waals surface area contributed by atoms with Crippen LogP contribution in [0.2, 0.25) is 0 Å². The molecule has 49 heavy (non-hydrogen) atoms. The largest absolute Gasteiger partial charge is 0.461 e. The molecule has 10 nitrogen and oxygen atoms in total. The number of aromatic nitrogens is 3. The van der Waals surface area contributed by atoms with Gasteiger partial charge in [0.1, 0.15) is 35.5 Å². The molecular formula is C32H31F6N7O3S. The van der Waals surface area contributed by atoms with E-state index in [1.165, 1.54) is 4.90 Å². The van der Waals surface area contributed by atoms with Gasteiger partial charge in [-0.25, -0.2) is 22.9 Å². The fraction of sp³-hybridized carbons (Fsp3) is 0.500. The molecule has 4 aliphatic rings. The van der Waals surface area contributed by atoms with Crippen molar-refractivity contribution in [1.82, 2.24) is 24.8 Å². The molecule has 0 aliphatic carbocycles. The molecule has 0 saturated carbocycles. The van der Waals surface area contributed by atoms with E-state index in [1.807, 2.05) is 4.90 Å². The summed E-state index contributed by atoms with van der Waals surface area (Å²) < 4.78 is 102. The van der Waals surface area contributed by atoms with Crippen molar-refractivity contribution >= 4 is 49.5 Å². The Morgan fingerprint density at radius 1 is 1.10 bits per heavy atom.